The van der Waals surface area contributed by atoms with Crippen molar-refractivity contribution in [1.82, 2.24) is 14.6 Å². The summed E-state index contributed by atoms with van der Waals surface area (Å²) in [5, 5.41) is 8.22. The van der Waals surface area contributed by atoms with E-state index in [1.54, 1.807) is 0 Å². The average Bonchev–Trinajstić information content (AvgIpc) is 2.55. The van der Waals surface area contributed by atoms with E-state index in [0.29, 0.717) is 11.6 Å². The highest BCUT2D eigenvalue weighted by Crippen LogP contribution is 2.20. The molecule has 4 nitrogen and oxygen atoms in total. The van der Waals surface area contributed by atoms with E-state index < -0.39 is 0 Å². The smallest absolute Gasteiger partial charge is 0.184 e. The summed E-state index contributed by atoms with van der Waals surface area (Å²) in [5.41, 5.74) is 8.42. The number of fused-ring (bicyclic) bond motifs is 1. The Morgan fingerprint density at radius 3 is 2.71 bits per heavy atom. The second-order valence-corrected chi connectivity index (χ2v) is 3.82. The van der Waals surface area contributed by atoms with Gasteiger partial charge in [0.1, 0.15) is 5.82 Å². The molecule has 0 saturated heterocycles. The van der Waals surface area contributed by atoms with Crippen molar-refractivity contribution in [2.75, 3.05) is 5.73 Å². The van der Waals surface area contributed by atoms with Crippen LogP contribution in [0.25, 0.3) is 5.65 Å². The summed E-state index contributed by atoms with van der Waals surface area (Å²) in [6.07, 6.45) is 1.97. The summed E-state index contributed by atoms with van der Waals surface area (Å²) in [4.78, 5) is 0. The number of rotatable bonds is 1. The van der Waals surface area contributed by atoms with E-state index in [1.807, 2.05) is 23.6 Å². The molecule has 0 aromatic carbocycles. The lowest BCUT2D eigenvalue weighted by Crippen LogP contribution is -1.99. The third-order valence-corrected chi connectivity index (χ3v) is 2.38. The van der Waals surface area contributed by atoms with Crippen LogP contribution in [-0.4, -0.2) is 14.6 Å². The summed E-state index contributed by atoms with van der Waals surface area (Å²) < 4.78 is 1.95. The Balaban J connectivity index is 2.77. The Labute approximate surface area is 82.8 Å². The highest BCUT2D eigenvalue weighted by atomic mass is 15.3. The molecular weight excluding hydrogens is 176 g/mol. The monoisotopic (exact) mass is 190 g/mol. The van der Waals surface area contributed by atoms with Crippen LogP contribution in [0.15, 0.2) is 12.3 Å². The normalized spacial score (nSPS) is 11.4. The van der Waals surface area contributed by atoms with Gasteiger partial charge in [0, 0.05) is 12.1 Å². The van der Waals surface area contributed by atoms with Crippen LogP contribution in [0.3, 0.4) is 0 Å². The zero-order valence-corrected chi connectivity index (χ0v) is 8.65. The largest absolute Gasteiger partial charge is 0.395 e. The van der Waals surface area contributed by atoms with Crippen molar-refractivity contribution in [2.45, 2.75) is 26.7 Å². The SMILES string of the molecule is Cc1ccn2c(C(C)C)nnc2c1N. The standard InChI is InChI=1S/C10H14N4/c1-6(2)9-12-13-10-8(11)7(3)4-5-14(9)10/h4-6H,11H2,1-3H3. The summed E-state index contributed by atoms with van der Waals surface area (Å²) in [5.74, 6) is 1.30. The summed E-state index contributed by atoms with van der Waals surface area (Å²) in [6.45, 7) is 6.15. The van der Waals surface area contributed by atoms with Gasteiger partial charge in [0.25, 0.3) is 0 Å². The van der Waals surface area contributed by atoms with Gasteiger partial charge in [-0.15, -0.1) is 10.2 Å². The maximum Gasteiger partial charge on any atom is 0.184 e. The van der Waals surface area contributed by atoms with Crippen LogP contribution in [0.5, 0.6) is 0 Å². The molecule has 0 unspecified atom stereocenters. The number of aryl methyl sites for hydroxylation is 1. The maximum absolute atomic E-state index is 5.91. The molecule has 2 heterocycles. The van der Waals surface area contributed by atoms with Crippen molar-refractivity contribution < 1.29 is 0 Å². The van der Waals surface area contributed by atoms with Gasteiger partial charge in [-0.3, -0.25) is 4.40 Å². The number of aromatic nitrogens is 3. The molecule has 2 aromatic rings. The van der Waals surface area contributed by atoms with E-state index in [1.165, 1.54) is 0 Å². The lowest BCUT2D eigenvalue weighted by atomic mass is 10.2. The molecule has 2 rings (SSSR count). The van der Waals surface area contributed by atoms with Gasteiger partial charge in [0.2, 0.25) is 0 Å². The van der Waals surface area contributed by atoms with Crippen molar-refractivity contribution >= 4 is 11.3 Å². The number of pyridine rings is 1. The van der Waals surface area contributed by atoms with Crippen LogP contribution < -0.4 is 5.73 Å². The first-order valence-corrected chi connectivity index (χ1v) is 4.71. The molecule has 0 aliphatic carbocycles. The molecule has 0 amide bonds. The van der Waals surface area contributed by atoms with E-state index in [2.05, 4.69) is 24.0 Å². The predicted octanol–water partition coefficient (Wildman–Crippen LogP) is 1.74. The first-order valence-electron chi connectivity index (χ1n) is 4.71. The van der Waals surface area contributed by atoms with Gasteiger partial charge in [-0.05, 0) is 18.6 Å². The number of nitrogens with two attached hydrogens (primary N) is 1. The van der Waals surface area contributed by atoms with E-state index in [4.69, 9.17) is 5.73 Å². The van der Waals surface area contributed by atoms with Crippen LogP contribution >= 0.6 is 0 Å². The topological polar surface area (TPSA) is 56.2 Å². The van der Waals surface area contributed by atoms with Crippen LogP contribution in [0.1, 0.15) is 31.2 Å². The highest BCUT2D eigenvalue weighted by molar-refractivity contribution is 5.68. The molecule has 0 fully saturated rings. The lowest BCUT2D eigenvalue weighted by Gasteiger charge is -2.04. The van der Waals surface area contributed by atoms with E-state index in [9.17, 15) is 0 Å². The number of nitrogens with zero attached hydrogens (tertiary/aromatic N) is 3. The van der Waals surface area contributed by atoms with Gasteiger partial charge in [-0.25, -0.2) is 0 Å². The predicted molar refractivity (Wildman–Crippen MR) is 56.2 cm³/mol. The molecule has 0 radical (unpaired) electrons. The van der Waals surface area contributed by atoms with Gasteiger partial charge in [0.05, 0.1) is 5.69 Å². The Morgan fingerprint density at radius 1 is 1.36 bits per heavy atom. The molecule has 0 saturated carbocycles. The minimum atomic E-state index is 0.354. The first kappa shape index (κ1) is 8.99. The quantitative estimate of drug-likeness (QED) is 0.745. The molecule has 2 N–H and O–H groups in total. The Bertz CT molecular complexity index is 470. The van der Waals surface area contributed by atoms with Crippen molar-refractivity contribution in [3.63, 3.8) is 0 Å². The Hall–Kier alpha value is -1.58. The second-order valence-electron chi connectivity index (χ2n) is 3.82. The maximum atomic E-state index is 5.91. The molecule has 4 heteroatoms. The van der Waals surface area contributed by atoms with Crippen molar-refractivity contribution in [1.29, 1.82) is 0 Å². The third-order valence-electron chi connectivity index (χ3n) is 2.38. The van der Waals surface area contributed by atoms with E-state index >= 15 is 0 Å². The minimum absolute atomic E-state index is 0.354. The number of nitrogen functional groups attached to an aromatic ring is 1. The minimum Gasteiger partial charge on any atom is -0.395 e. The highest BCUT2D eigenvalue weighted by Gasteiger charge is 2.11. The molecule has 0 atom stereocenters. The van der Waals surface area contributed by atoms with Crippen molar-refractivity contribution in [2.24, 2.45) is 0 Å². The fourth-order valence-corrected chi connectivity index (χ4v) is 1.48. The zero-order valence-electron chi connectivity index (χ0n) is 8.65. The fourth-order valence-electron chi connectivity index (χ4n) is 1.48. The van der Waals surface area contributed by atoms with Gasteiger partial charge >= 0.3 is 0 Å². The summed E-state index contributed by atoms with van der Waals surface area (Å²) in [6, 6.07) is 1.98. The van der Waals surface area contributed by atoms with Crippen LogP contribution in [-0.2, 0) is 0 Å². The molecular formula is C10H14N4. The third kappa shape index (κ3) is 1.14. The summed E-state index contributed by atoms with van der Waals surface area (Å²) >= 11 is 0. The molecule has 0 bridgehead atoms. The van der Waals surface area contributed by atoms with Gasteiger partial charge in [-0.2, -0.15) is 0 Å². The molecule has 0 aliphatic heterocycles. The second kappa shape index (κ2) is 2.97. The molecule has 0 spiro atoms. The molecule has 74 valence electrons. The van der Waals surface area contributed by atoms with Crippen molar-refractivity contribution in [3.05, 3.63) is 23.7 Å². The van der Waals surface area contributed by atoms with E-state index in [-0.39, 0.29) is 0 Å². The summed E-state index contributed by atoms with van der Waals surface area (Å²) in [7, 11) is 0. The Kier molecular flexibility index (Phi) is 1.91. The van der Waals surface area contributed by atoms with Gasteiger partial charge in [0.15, 0.2) is 5.65 Å². The molecule has 0 aliphatic rings. The first-order chi connectivity index (χ1) is 6.61. The number of hydrogen-bond donors (Lipinski definition) is 1. The lowest BCUT2D eigenvalue weighted by molar-refractivity contribution is 0.759. The number of anilines is 1. The van der Waals surface area contributed by atoms with Crippen LogP contribution in [0, 0.1) is 6.92 Å². The van der Waals surface area contributed by atoms with Crippen LogP contribution in [0.2, 0.25) is 0 Å². The molecule has 14 heavy (non-hydrogen) atoms. The van der Waals surface area contributed by atoms with E-state index in [0.717, 1.165) is 17.0 Å². The zero-order chi connectivity index (χ0) is 10.3. The fraction of sp³-hybridized carbons (Fsp3) is 0.400. The Morgan fingerprint density at radius 2 is 2.07 bits per heavy atom. The molecule has 2 aromatic heterocycles. The number of hydrogen-bond acceptors (Lipinski definition) is 3. The van der Waals surface area contributed by atoms with Crippen molar-refractivity contribution in [3.8, 4) is 0 Å². The average molecular weight is 190 g/mol. The van der Waals surface area contributed by atoms with Gasteiger partial charge < -0.3 is 5.73 Å². The van der Waals surface area contributed by atoms with Gasteiger partial charge in [-0.1, -0.05) is 13.8 Å². The van der Waals surface area contributed by atoms with Crippen LogP contribution in [0.4, 0.5) is 5.69 Å².